The van der Waals surface area contributed by atoms with Gasteiger partial charge in [-0.2, -0.15) is 10.2 Å². The van der Waals surface area contributed by atoms with Crippen molar-refractivity contribution >= 4 is 17.7 Å². The highest BCUT2D eigenvalue weighted by molar-refractivity contribution is 6.04. The summed E-state index contributed by atoms with van der Waals surface area (Å²) in [5, 5.41) is 8.47. The van der Waals surface area contributed by atoms with Crippen LogP contribution in [0.2, 0.25) is 0 Å². The fraction of sp³-hybridized carbons (Fsp3) is 0.211. The van der Waals surface area contributed by atoms with Gasteiger partial charge in [0.2, 0.25) is 0 Å². The van der Waals surface area contributed by atoms with Gasteiger partial charge in [0.25, 0.3) is 5.91 Å². The van der Waals surface area contributed by atoms with Gasteiger partial charge >= 0.3 is 0 Å². The van der Waals surface area contributed by atoms with Crippen LogP contribution in [0, 0.1) is 0 Å². The van der Waals surface area contributed by atoms with Crippen molar-refractivity contribution in [3.8, 4) is 0 Å². The molecule has 0 aliphatic carbocycles. The number of hydrogen-bond donors (Lipinski definition) is 0. The number of carbonyl (C=O) groups is 1. The number of benzene rings is 1. The van der Waals surface area contributed by atoms with Crippen LogP contribution in [0.1, 0.15) is 17.3 Å². The van der Waals surface area contributed by atoms with E-state index in [9.17, 15) is 4.79 Å². The standard InChI is InChI=1S/C19H19N5O/c1-22-16(9-11-20-22)7-8-19(25)23-14-17(24-12-4-10-21-24)13-15-5-2-3-6-18(15)23/h2-12,17H,13-14H2,1H3/b8-7+. The van der Waals surface area contributed by atoms with Crippen LogP contribution in [0.5, 0.6) is 0 Å². The molecule has 1 atom stereocenters. The summed E-state index contributed by atoms with van der Waals surface area (Å²) >= 11 is 0. The third kappa shape index (κ3) is 2.98. The van der Waals surface area contributed by atoms with Gasteiger partial charge in [0.1, 0.15) is 0 Å². The van der Waals surface area contributed by atoms with Crippen LogP contribution in [-0.2, 0) is 18.3 Å². The Balaban J connectivity index is 1.63. The van der Waals surface area contributed by atoms with E-state index in [1.165, 1.54) is 0 Å². The topological polar surface area (TPSA) is 56.0 Å². The highest BCUT2D eigenvalue weighted by Crippen LogP contribution is 2.31. The van der Waals surface area contributed by atoms with Crippen molar-refractivity contribution in [2.45, 2.75) is 12.5 Å². The lowest BCUT2D eigenvalue weighted by atomic mass is 9.98. The van der Waals surface area contributed by atoms with E-state index in [1.54, 1.807) is 29.2 Å². The van der Waals surface area contributed by atoms with Crippen LogP contribution in [-0.4, -0.2) is 32.0 Å². The smallest absolute Gasteiger partial charge is 0.251 e. The number of fused-ring (bicyclic) bond motifs is 1. The third-order valence-corrected chi connectivity index (χ3v) is 4.55. The van der Waals surface area contributed by atoms with E-state index in [1.807, 2.05) is 53.2 Å². The first kappa shape index (κ1) is 15.4. The van der Waals surface area contributed by atoms with Gasteiger partial charge in [-0.3, -0.25) is 14.2 Å². The summed E-state index contributed by atoms with van der Waals surface area (Å²) in [6.45, 7) is 0.604. The number of amides is 1. The first-order valence-electron chi connectivity index (χ1n) is 8.27. The molecule has 0 N–H and O–H groups in total. The molecular formula is C19H19N5O. The Morgan fingerprint density at radius 2 is 2.04 bits per heavy atom. The number of aryl methyl sites for hydroxylation is 1. The number of anilines is 1. The normalized spacial score (nSPS) is 17.0. The maximum absolute atomic E-state index is 12.9. The fourth-order valence-corrected chi connectivity index (χ4v) is 3.25. The quantitative estimate of drug-likeness (QED) is 0.692. The molecule has 0 saturated carbocycles. The zero-order chi connectivity index (χ0) is 17.2. The van der Waals surface area contributed by atoms with Gasteiger partial charge < -0.3 is 4.90 Å². The number of carbonyl (C=O) groups excluding carboxylic acids is 1. The van der Waals surface area contributed by atoms with Gasteiger partial charge in [-0.1, -0.05) is 18.2 Å². The van der Waals surface area contributed by atoms with E-state index in [0.29, 0.717) is 6.54 Å². The Morgan fingerprint density at radius 1 is 1.16 bits per heavy atom. The first-order valence-corrected chi connectivity index (χ1v) is 8.27. The van der Waals surface area contributed by atoms with Gasteiger partial charge in [-0.15, -0.1) is 0 Å². The van der Waals surface area contributed by atoms with Crippen molar-refractivity contribution in [3.05, 3.63) is 72.3 Å². The maximum Gasteiger partial charge on any atom is 0.251 e. The summed E-state index contributed by atoms with van der Waals surface area (Å²) in [4.78, 5) is 14.7. The molecule has 1 aromatic carbocycles. The van der Waals surface area contributed by atoms with E-state index in [0.717, 1.165) is 23.4 Å². The molecule has 0 spiro atoms. The van der Waals surface area contributed by atoms with E-state index < -0.39 is 0 Å². The van der Waals surface area contributed by atoms with Gasteiger partial charge in [0, 0.05) is 43.9 Å². The second kappa shape index (κ2) is 6.39. The summed E-state index contributed by atoms with van der Waals surface area (Å²) < 4.78 is 3.67. The van der Waals surface area contributed by atoms with Gasteiger partial charge in [0.15, 0.2) is 0 Å². The molecular weight excluding hydrogens is 314 g/mol. The minimum absolute atomic E-state index is 0.0366. The number of hydrogen-bond acceptors (Lipinski definition) is 3. The maximum atomic E-state index is 12.9. The monoisotopic (exact) mass is 333 g/mol. The number of aromatic nitrogens is 4. The van der Waals surface area contributed by atoms with Gasteiger partial charge in [0.05, 0.1) is 11.7 Å². The fourth-order valence-electron chi connectivity index (χ4n) is 3.25. The molecule has 6 nitrogen and oxygen atoms in total. The molecule has 25 heavy (non-hydrogen) atoms. The van der Waals surface area contributed by atoms with Gasteiger partial charge in [-0.25, -0.2) is 0 Å². The molecule has 3 heterocycles. The average molecular weight is 333 g/mol. The van der Waals surface area contributed by atoms with Crippen LogP contribution in [0.4, 0.5) is 5.69 Å². The SMILES string of the molecule is Cn1nccc1/C=C/C(=O)N1CC(n2cccn2)Cc2ccccc21. The molecule has 0 bridgehead atoms. The van der Waals surface area contributed by atoms with Gasteiger partial charge in [-0.05, 0) is 36.3 Å². The van der Waals surface area contributed by atoms with Crippen LogP contribution >= 0.6 is 0 Å². The predicted molar refractivity (Wildman–Crippen MR) is 96.0 cm³/mol. The zero-order valence-corrected chi connectivity index (χ0v) is 14.0. The Morgan fingerprint density at radius 3 is 2.80 bits per heavy atom. The molecule has 1 amide bonds. The molecule has 6 heteroatoms. The van der Waals surface area contributed by atoms with E-state index in [4.69, 9.17) is 0 Å². The Labute approximate surface area is 146 Å². The highest BCUT2D eigenvalue weighted by atomic mass is 16.2. The molecule has 0 radical (unpaired) electrons. The Bertz CT molecular complexity index is 910. The number of nitrogens with zero attached hydrogens (tertiary/aromatic N) is 5. The molecule has 1 unspecified atom stereocenters. The summed E-state index contributed by atoms with van der Waals surface area (Å²) in [5.74, 6) is -0.0366. The summed E-state index contributed by atoms with van der Waals surface area (Å²) in [6.07, 6.45) is 9.72. The van der Waals surface area contributed by atoms with Crippen molar-refractivity contribution < 1.29 is 4.79 Å². The van der Waals surface area contributed by atoms with Crippen molar-refractivity contribution in [1.29, 1.82) is 0 Å². The molecule has 126 valence electrons. The zero-order valence-electron chi connectivity index (χ0n) is 14.0. The summed E-state index contributed by atoms with van der Waals surface area (Å²) in [7, 11) is 1.86. The van der Waals surface area contributed by atoms with Crippen molar-refractivity contribution in [2.75, 3.05) is 11.4 Å². The predicted octanol–water partition coefficient (Wildman–Crippen LogP) is 2.46. The van der Waals surface area contributed by atoms with Crippen LogP contribution in [0.3, 0.4) is 0 Å². The number of rotatable bonds is 3. The lowest BCUT2D eigenvalue weighted by Crippen LogP contribution is -2.40. The molecule has 1 aliphatic heterocycles. The summed E-state index contributed by atoms with van der Waals surface area (Å²) in [5.41, 5.74) is 3.03. The second-order valence-corrected chi connectivity index (χ2v) is 6.13. The molecule has 0 saturated heterocycles. The minimum atomic E-state index is -0.0366. The van der Waals surface area contributed by atoms with Crippen molar-refractivity contribution in [3.63, 3.8) is 0 Å². The van der Waals surface area contributed by atoms with Crippen LogP contribution < -0.4 is 4.90 Å². The molecule has 1 aliphatic rings. The second-order valence-electron chi connectivity index (χ2n) is 6.13. The number of para-hydroxylation sites is 1. The summed E-state index contributed by atoms with van der Waals surface area (Å²) in [6, 6.07) is 12.0. The third-order valence-electron chi connectivity index (χ3n) is 4.55. The van der Waals surface area contributed by atoms with E-state index in [2.05, 4.69) is 16.3 Å². The van der Waals surface area contributed by atoms with E-state index in [-0.39, 0.29) is 11.9 Å². The Kier molecular flexibility index (Phi) is 3.93. The average Bonchev–Trinajstić information content (AvgIpc) is 3.30. The minimum Gasteiger partial charge on any atom is -0.306 e. The molecule has 4 rings (SSSR count). The Hall–Kier alpha value is -3.15. The molecule has 2 aromatic heterocycles. The van der Waals surface area contributed by atoms with Crippen molar-refractivity contribution in [2.24, 2.45) is 7.05 Å². The van der Waals surface area contributed by atoms with E-state index >= 15 is 0 Å². The molecule has 3 aromatic rings. The lowest BCUT2D eigenvalue weighted by Gasteiger charge is -2.34. The van der Waals surface area contributed by atoms with Crippen molar-refractivity contribution in [1.82, 2.24) is 19.6 Å². The first-order chi connectivity index (χ1) is 12.2. The van der Waals surface area contributed by atoms with Crippen LogP contribution in [0.15, 0.2) is 61.1 Å². The largest absolute Gasteiger partial charge is 0.306 e. The lowest BCUT2D eigenvalue weighted by molar-refractivity contribution is -0.114. The highest BCUT2D eigenvalue weighted by Gasteiger charge is 2.28. The van der Waals surface area contributed by atoms with Crippen LogP contribution in [0.25, 0.3) is 6.08 Å². The molecule has 0 fully saturated rings.